The fourth-order valence-corrected chi connectivity index (χ4v) is 2.01. The quantitative estimate of drug-likeness (QED) is 0.609. The topological polar surface area (TPSA) is 34.1 Å². The van der Waals surface area contributed by atoms with Crippen molar-refractivity contribution in [1.29, 1.82) is 0 Å². The fourth-order valence-electron chi connectivity index (χ4n) is 2.01. The van der Waals surface area contributed by atoms with E-state index in [1.807, 2.05) is 6.92 Å². The van der Waals surface area contributed by atoms with Crippen molar-refractivity contribution in [1.82, 2.24) is 0 Å². The van der Waals surface area contributed by atoms with Gasteiger partial charge in [-0.05, 0) is 31.9 Å². The Bertz CT molecular complexity index is 476. The van der Waals surface area contributed by atoms with E-state index in [4.69, 9.17) is 0 Å². The number of ketones is 2. The van der Waals surface area contributed by atoms with E-state index >= 15 is 0 Å². The highest BCUT2D eigenvalue weighted by Crippen LogP contribution is 2.21. The summed E-state index contributed by atoms with van der Waals surface area (Å²) in [5, 5.41) is 0. The van der Waals surface area contributed by atoms with Gasteiger partial charge in [0.1, 0.15) is 0 Å². The Kier molecular flexibility index (Phi) is 3.99. The maximum absolute atomic E-state index is 12.8. The number of halogens is 2. The number of aryl methyl sites for hydroxylation is 3. The van der Waals surface area contributed by atoms with Gasteiger partial charge in [0.2, 0.25) is 5.78 Å². The molecule has 1 aromatic rings. The molecule has 1 aromatic carbocycles. The molecule has 0 saturated heterocycles. The largest absolute Gasteiger partial charge is 0.303 e. The zero-order chi connectivity index (χ0) is 14.1. The monoisotopic (exact) mass is 254 g/mol. The summed E-state index contributed by atoms with van der Waals surface area (Å²) >= 11 is 0. The van der Waals surface area contributed by atoms with Crippen LogP contribution in [-0.4, -0.2) is 17.5 Å². The Hall–Kier alpha value is -1.58. The molecule has 0 bridgehead atoms. The van der Waals surface area contributed by atoms with Crippen LogP contribution in [0.4, 0.5) is 8.78 Å². The average Bonchev–Trinajstić information content (AvgIpc) is 2.13. The van der Waals surface area contributed by atoms with Crippen molar-refractivity contribution in [2.75, 3.05) is 0 Å². The Morgan fingerprint density at radius 2 is 1.56 bits per heavy atom. The SMILES string of the molecule is Cc1cc(C)c(C(=O)CC(=O)C(C)(F)F)c(C)c1. The van der Waals surface area contributed by atoms with Crippen molar-refractivity contribution < 1.29 is 18.4 Å². The van der Waals surface area contributed by atoms with E-state index in [-0.39, 0.29) is 0 Å². The molecular formula is C14H16F2O2. The van der Waals surface area contributed by atoms with Crippen LogP contribution in [0.2, 0.25) is 0 Å². The molecule has 1 rings (SSSR count). The summed E-state index contributed by atoms with van der Waals surface area (Å²) in [5.74, 6) is -5.34. The van der Waals surface area contributed by atoms with Gasteiger partial charge < -0.3 is 0 Å². The third kappa shape index (κ3) is 3.22. The Morgan fingerprint density at radius 1 is 1.11 bits per heavy atom. The normalized spacial score (nSPS) is 11.4. The maximum Gasteiger partial charge on any atom is 0.303 e. The van der Waals surface area contributed by atoms with E-state index < -0.39 is 23.9 Å². The molecule has 0 aliphatic carbocycles. The molecule has 0 fully saturated rings. The molecule has 0 amide bonds. The lowest BCUT2D eigenvalue weighted by Gasteiger charge is -2.12. The van der Waals surface area contributed by atoms with Crippen molar-refractivity contribution >= 4 is 11.6 Å². The summed E-state index contributed by atoms with van der Waals surface area (Å²) in [6.07, 6.45) is -0.756. The summed E-state index contributed by atoms with van der Waals surface area (Å²) in [6.45, 7) is 5.88. The maximum atomic E-state index is 12.8. The molecule has 0 heterocycles. The van der Waals surface area contributed by atoms with Gasteiger partial charge in [-0.25, -0.2) is 0 Å². The molecule has 0 atom stereocenters. The second kappa shape index (κ2) is 4.96. The number of hydrogen-bond donors (Lipinski definition) is 0. The molecular weight excluding hydrogens is 238 g/mol. The van der Waals surface area contributed by atoms with Crippen molar-refractivity contribution in [3.63, 3.8) is 0 Å². The average molecular weight is 254 g/mol. The zero-order valence-corrected chi connectivity index (χ0v) is 10.9. The number of carbonyl (C=O) groups excluding carboxylic acids is 2. The van der Waals surface area contributed by atoms with Gasteiger partial charge in [-0.3, -0.25) is 9.59 Å². The minimum Gasteiger partial charge on any atom is -0.294 e. The molecule has 18 heavy (non-hydrogen) atoms. The van der Waals surface area contributed by atoms with E-state index in [2.05, 4.69) is 0 Å². The van der Waals surface area contributed by atoms with E-state index in [0.29, 0.717) is 23.6 Å². The van der Waals surface area contributed by atoms with E-state index in [1.165, 1.54) is 0 Å². The summed E-state index contributed by atoms with van der Waals surface area (Å²) < 4.78 is 25.5. The second-order valence-corrected chi connectivity index (χ2v) is 4.69. The lowest BCUT2D eigenvalue weighted by Crippen LogP contribution is -2.27. The third-order valence-corrected chi connectivity index (χ3v) is 2.77. The van der Waals surface area contributed by atoms with Crippen LogP contribution < -0.4 is 0 Å². The second-order valence-electron chi connectivity index (χ2n) is 4.69. The van der Waals surface area contributed by atoms with Crippen LogP contribution in [-0.2, 0) is 4.79 Å². The molecule has 0 radical (unpaired) electrons. The first kappa shape index (κ1) is 14.5. The van der Waals surface area contributed by atoms with Gasteiger partial charge in [0.15, 0.2) is 5.78 Å². The van der Waals surface area contributed by atoms with E-state index in [9.17, 15) is 18.4 Å². The third-order valence-electron chi connectivity index (χ3n) is 2.77. The molecule has 4 heteroatoms. The Labute approximate surface area is 105 Å². The lowest BCUT2D eigenvalue weighted by atomic mass is 9.93. The lowest BCUT2D eigenvalue weighted by molar-refractivity contribution is -0.139. The van der Waals surface area contributed by atoms with E-state index in [1.54, 1.807) is 26.0 Å². The van der Waals surface area contributed by atoms with Crippen LogP contribution in [0.15, 0.2) is 12.1 Å². The summed E-state index contributed by atoms with van der Waals surface area (Å²) in [7, 11) is 0. The smallest absolute Gasteiger partial charge is 0.294 e. The van der Waals surface area contributed by atoms with Gasteiger partial charge in [0.25, 0.3) is 0 Å². The summed E-state index contributed by atoms with van der Waals surface area (Å²) in [5.41, 5.74) is 2.79. The molecule has 0 unspecified atom stereocenters. The van der Waals surface area contributed by atoms with Crippen molar-refractivity contribution in [2.24, 2.45) is 0 Å². The van der Waals surface area contributed by atoms with Crippen LogP contribution in [0, 0.1) is 20.8 Å². The van der Waals surface area contributed by atoms with Crippen LogP contribution in [0.3, 0.4) is 0 Å². The van der Waals surface area contributed by atoms with Gasteiger partial charge in [0.05, 0.1) is 6.42 Å². The van der Waals surface area contributed by atoms with E-state index in [0.717, 1.165) is 5.56 Å². The van der Waals surface area contributed by atoms with Crippen molar-refractivity contribution in [2.45, 2.75) is 40.0 Å². The van der Waals surface area contributed by atoms with Crippen LogP contribution in [0.1, 0.15) is 40.4 Å². The highest BCUT2D eigenvalue weighted by Gasteiger charge is 2.33. The summed E-state index contributed by atoms with van der Waals surface area (Å²) in [6, 6.07) is 3.60. The molecule has 0 saturated carbocycles. The molecule has 0 aliphatic rings. The van der Waals surface area contributed by atoms with Gasteiger partial charge in [0, 0.05) is 12.5 Å². The fraction of sp³-hybridized carbons (Fsp3) is 0.429. The van der Waals surface area contributed by atoms with Crippen LogP contribution >= 0.6 is 0 Å². The number of Topliss-reactive ketones (excluding diaryl/α,β-unsaturated/α-hetero) is 2. The number of benzene rings is 1. The Morgan fingerprint density at radius 3 is 1.94 bits per heavy atom. The molecule has 0 spiro atoms. The minimum absolute atomic E-state index is 0.373. The number of carbonyl (C=O) groups is 2. The Balaban J connectivity index is 3.03. The number of hydrogen-bond acceptors (Lipinski definition) is 2. The predicted octanol–water partition coefficient (Wildman–Crippen LogP) is 3.41. The molecule has 0 aromatic heterocycles. The molecule has 98 valence electrons. The highest BCUT2D eigenvalue weighted by atomic mass is 19.3. The molecule has 0 aliphatic heterocycles. The standard InChI is InChI=1S/C14H16F2O2/c1-8-5-9(2)13(10(3)6-8)11(17)7-12(18)14(4,15)16/h5-6H,7H2,1-4H3. The number of alkyl halides is 2. The van der Waals surface area contributed by atoms with Crippen molar-refractivity contribution in [3.05, 3.63) is 34.4 Å². The molecule has 2 nitrogen and oxygen atoms in total. The van der Waals surface area contributed by atoms with Gasteiger partial charge in [-0.2, -0.15) is 8.78 Å². The first-order valence-corrected chi connectivity index (χ1v) is 5.65. The first-order valence-electron chi connectivity index (χ1n) is 5.65. The summed E-state index contributed by atoms with van der Waals surface area (Å²) in [4.78, 5) is 23.1. The van der Waals surface area contributed by atoms with Crippen LogP contribution in [0.25, 0.3) is 0 Å². The zero-order valence-electron chi connectivity index (χ0n) is 10.9. The highest BCUT2D eigenvalue weighted by molar-refractivity contribution is 6.11. The molecule has 0 N–H and O–H groups in total. The van der Waals surface area contributed by atoms with Crippen molar-refractivity contribution in [3.8, 4) is 0 Å². The minimum atomic E-state index is -3.46. The van der Waals surface area contributed by atoms with Gasteiger partial charge in [-0.1, -0.05) is 17.7 Å². The van der Waals surface area contributed by atoms with Gasteiger partial charge in [-0.15, -0.1) is 0 Å². The van der Waals surface area contributed by atoms with Crippen LogP contribution in [0.5, 0.6) is 0 Å². The van der Waals surface area contributed by atoms with Gasteiger partial charge >= 0.3 is 5.92 Å². The first-order chi connectivity index (χ1) is 8.12. The predicted molar refractivity (Wildman–Crippen MR) is 65.2 cm³/mol. The number of rotatable bonds is 4.